The third-order valence-electron chi connectivity index (χ3n) is 3.19. The van der Waals surface area contributed by atoms with Crippen molar-refractivity contribution in [3.8, 4) is 11.5 Å². The summed E-state index contributed by atoms with van der Waals surface area (Å²) in [5.74, 6) is 0.677. The summed E-state index contributed by atoms with van der Waals surface area (Å²) in [6.45, 7) is 1.91. The summed E-state index contributed by atoms with van der Waals surface area (Å²) in [6.07, 6.45) is 0. The van der Waals surface area contributed by atoms with E-state index in [1.165, 1.54) is 18.9 Å². The van der Waals surface area contributed by atoms with Gasteiger partial charge < -0.3 is 13.6 Å². The molecule has 2 aromatic heterocycles. The van der Waals surface area contributed by atoms with Gasteiger partial charge in [0.15, 0.2) is 0 Å². The van der Waals surface area contributed by atoms with Crippen molar-refractivity contribution in [2.24, 2.45) is 0 Å². The number of hydrogen-bond donors (Lipinski definition) is 0. The zero-order chi connectivity index (χ0) is 17.1. The van der Waals surface area contributed by atoms with E-state index < -0.39 is 5.97 Å². The Kier molecular flexibility index (Phi) is 4.92. The lowest BCUT2D eigenvalue weighted by Gasteiger charge is -2.04. The highest BCUT2D eigenvalue weighted by atomic mass is 35.5. The molecule has 3 aromatic rings. The number of rotatable bonds is 5. The van der Waals surface area contributed by atoms with Gasteiger partial charge in [-0.1, -0.05) is 23.4 Å². The smallest absolute Gasteiger partial charge is 0.373 e. The molecule has 24 heavy (non-hydrogen) atoms. The van der Waals surface area contributed by atoms with E-state index in [0.29, 0.717) is 21.9 Å². The first-order valence-electron chi connectivity index (χ1n) is 7.01. The summed E-state index contributed by atoms with van der Waals surface area (Å²) in [5.41, 5.74) is 0.789. The summed E-state index contributed by atoms with van der Waals surface area (Å²) < 4.78 is 15.7. The topological polar surface area (TPSA) is 78.4 Å². The van der Waals surface area contributed by atoms with Gasteiger partial charge in [-0.25, -0.2) is 4.79 Å². The molecule has 0 fully saturated rings. The average Bonchev–Trinajstić information content (AvgIpc) is 3.24. The fourth-order valence-corrected chi connectivity index (χ4v) is 2.84. The van der Waals surface area contributed by atoms with E-state index in [-0.39, 0.29) is 11.0 Å². The first kappa shape index (κ1) is 16.6. The molecule has 0 bridgehead atoms. The molecule has 1 atom stereocenters. The monoisotopic (exact) mass is 364 g/mol. The van der Waals surface area contributed by atoms with Gasteiger partial charge in [-0.2, -0.15) is 0 Å². The number of carbonyl (C=O) groups is 1. The fraction of sp³-hybridized carbons (Fsp3) is 0.188. The van der Waals surface area contributed by atoms with E-state index in [1.54, 1.807) is 24.3 Å². The second kappa shape index (κ2) is 7.11. The summed E-state index contributed by atoms with van der Waals surface area (Å²) in [5, 5.41) is 8.98. The first-order valence-corrected chi connectivity index (χ1v) is 8.26. The van der Waals surface area contributed by atoms with Gasteiger partial charge in [-0.3, -0.25) is 0 Å². The molecular weight excluding hydrogens is 352 g/mol. The number of esters is 1. The molecular formula is C16H13ClN2O4S. The standard InChI is InChI=1S/C16H13ClN2O4S/c1-9(12-7-8-13(22-12)15(20)21-2)24-16-19-18-14(23-16)10-3-5-11(17)6-4-10/h3-9H,1-2H3. The molecule has 124 valence electrons. The molecule has 0 radical (unpaired) electrons. The van der Waals surface area contributed by atoms with Crippen molar-refractivity contribution in [1.29, 1.82) is 0 Å². The van der Waals surface area contributed by atoms with Crippen molar-refractivity contribution in [3.05, 3.63) is 52.9 Å². The predicted molar refractivity (Wildman–Crippen MR) is 89.1 cm³/mol. The van der Waals surface area contributed by atoms with E-state index >= 15 is 0 Å². The van der Waals surface area contributed by atoms with Crippen LogP contribution >= 0.6 is 23.4 Å². The van der Waals surface area contributed by atoms with Crippen molar-refractivity contribution in [2.45, 2.75) is 17.4 Å². The molecule has 0 aliphatic carbocycles. The Hall–Kier alpha value is -2.25. The minimum atomic E-state index is -0.513. The number of nitrogens with zero attached hydrogens (tertiary/aromatic N) is 2. The SMILES string of the molecule is COC(=O)c1ccc(C(C)Sc2nnc(-c3ccc(Cl)cc3)o2)o1. The van der Waals surface area contributed by atoms with Gasteiger partial charge in [0, 0.05) is 10.6 Å². The van der Waals surface area contributed by atoms with Crippen LogP contribution in [0.25, 0.3) is 11.5 Å². The fourth-order valence-electron chi connectivity index (χ4n) is 1.96. The second-order valence-electron chi connectivity index (χ2n) is 4.83. The molecule has 0 saturated carbocycles. The number of halogens is 1. The van der Waals surface area contributed by atoms with Crippen LogP contribution in [0.1, 0.15) is 28.5 Å². The van der Waals surface area contributed by atoms with Crippen molar-refractivity contribution >= 4 is 29.3 Å². The first-order chi connectivity index (χ1) is 11.6. The lowest BCUT2D eigenvalue weighted by molar-refractivity contribution is 0.0563. The van der Waals surface area contributed by atoms with Gasteiger partial charge in [0.05, 0.1) is 12.4 Å². The van der Waals surface area contributed by atoms with Crippen molar-refractivity contribution < 1.29 is 18.4 Å². The predicted octanol–water partition coefficient (Wildman–Crippen LogP) is 4.62. The zero-order valence-electron chi connectivity index (χ0n) is 12.9. The maximum atomic E-state index is 11.4. The molecule has 2 heterocycles. The van der Waals surface area contributed by atoms with Crippen LogP contribution in [-0.2, 0) is 4.74 Å². The minimum Gasteiger partial charge on any atom is -0.463 e. The number of carbonyl (C=O) groups excluding carboxylic acids is 1. The molecule has 1 aromatic carbocycles. The van der Waals surface area contributed by atoms with Crippen LogP contribution in [0.5, 0.6) is 0 Å². The van der Waals surface area contributed by atoms with E-state index in [1.807, 2.05) is 19.1 Å². The van der Waals surface area contributed by atoms with E-state index in [0.717, 1.165) is 5.56 Å². The Bertz CT molecular complexity index is 844. The average molecular weight is 365 g/mol. The Labute approximate surface area is 147 Å². The van der Waals surface area contributed by atoms with Crippen LogP contribution in [0.4, 0.5) is 0 Å². The molecule has 0 saturated heterocycles. The zero-order valence-corrected chi connectivity index (χ0v) is 14.4. The number of methoxy groups -OCH3 is 1. The number of benzene rings is 1. The van der Waals surface area contributed by atoms with Crippen molar-refractivity contribution in [2.75, 3.05) is 7.11 Å². The summed E-state index contributed by atoms with van der Waals surface area (Å²) in [7, 11) is 1.30. The van der Waals surface area contributed by atoms with Gasteiger partial charge in [0.2, 0.25) is 11.7 Å². The number of thioether (sulfide) groups is 1. The third-order valence-corrected chi connectivity index (χ3v) is 4.39. The van der Waals surface area contributed by atoms with Gasteiger partial charge in [-0.15, -0.1) is 10.2 Å². The highest BCUT2D eigenvalue weighted by Gasteiger charge is 2.19. The molecule has 0 N–H and O–H groups in total. The number of furan rings is 1. The van der Waals surface area contributed by atoms with E-state index in [9.17, 15) is 4.79 Å². The summed E-state index contributed by atoms with van der Waals surface area (Å²) in [4.78, 5) is 11.4. The summed E-state index contributed by atoms with van der Waals surface area (Å²) in [6, 6.07) is 10.4. The van der Waals surface area contributed by atoms with Gasteiger partial charge in [-0.05, 0) is 43.3 Å². The highest BCUT2D eigenvalue weighted by Crippen LogP contribution is 2.36. The second-order valence-corrected chi connectivity index (χ2v) is 6.56. The highest BCUT2D eigenvalue weighted by molar-refractivity contribution is 7.99. The number of hydrogen-bond acceptors (Lipinski definition) is 7. The molecule has 6 nitrogen and oxygen atoms in total. The molecule has 3 rings (SSSR count). The van der Waals surface area contributed by atoms with Crippen LogP contribution in [0.3, 0.4) is 0 Å². The van der Waals surface area contributed by atoms with Crippen molar-refractivity contribution in [1.82, 2.24) is 10.2 Å². The largest absolute Gasteiger partial charge is 0.463 e. The Morgan fingerprint density at radius 3 is 2.62 bits per heavy atom. The maximum absolute atomic E-state index is 11.4. The van der Waals surface area contributed by atoms with Gasteiger partial charge in [0.25, 0.3) is 5.22 Å². The lowest BCUT2D eigenvalue weighted by Crippen LogP contribution is -1.98. The number of aromatic nitrogens is 2. The minimum absolute atomic E-state index is 0.109. The van der Waals surface area contributed by atoms with Gasteiger partial charge >= 0.3 is 5.97 Å². The quantitative estimate of drug-likeness (QED) is 0.482. The van der Waals surface area contributed by atoms with Crippen LogP contribution in [0.2, 0.25) is 5.02 Å². The van der Waals surface area contributed by atoms with Crippen LogP contribution in [0.15, 0.2) is 50.5 Å². The lowest BCUT2D eigenvalue weighted by atomic mass is 10.2. The van der Waals surface area contributed by atoms with Crippen LogP contribution in [0, 0.1) is 0 Å². The number of ether oxygens (including phenoxy) is 1. The maximum Gasteiger partial charge on any atom is 0.373 e. The molecule has 0 aliphatic heterocycles. The van der Waals surface area contributed by atoms with E-state index in [2.05, 4.69) is 14.9 Å². The molecule has 8 heteroatoms. The third kappa shape index (κ3) is 3.63. The molecule has 0 spiro atoms. The Morgan fingerprint density at radius 1 is 1.17 bits per heavy atom. The van der Waals surface area contributed by atoms with Gasteiger partial charge in [0.1, 0.15) is 5.76 Å². The molecule has 1 unspecified atom stereocenters. The molecule has 0 amide bonds. The van der Waals surface area contributed by atoms with Crippen molar-refractivity contribution in [3.63, 3.8) is 0 Å². The normalized spacial score (nSPS) is 12.1. The van der Waals surface area contributed by atoms with E-state index in [4.69, 9.17) is 20.4 Å². The Morgan fingerprint density at radius 2 is 1.92 bits per heavy atom. The molecule has 0 aliphatic rings. The van der Waals surface area contributed by atoms with Crippen LogP contribution in [-0.4, -0.2) is 23.3 Å². The summed E-state index contributed by atoms with van der Waals surface area (Å²) >= 11 is 7.20. The Balaban J connectivity index is 1.71. The van der Waals surface area contributed by atoms with Crippen LogP contribution < -0.4 is 0 Å².